The van der Waals surface area contributed by atoms with Gasteiger partial charge in [-0.3, -0.25) is 14.5 Å². The Hall–Kier alpha value is -3.50. The lowest BCUT2D eigenvalue weighted by Gasteiger charge is -2.32. The molecule has 0 saturated carbocycles. The first-order chi connectivity index (χ1) is 17.6. The Balaban J connectivity index is 1.63. The highest BCUT2D eigenvalue weighted by Crippen LogP contribution is 2.34. The zero-order chi connectivity index (χ0) is 26.6. The Morgan fingerprint density at radius 1 is 1.14 bits per heavy atom. The maximum absolute atomic E-state index is 13.2. The van der Waals surface area contributed by atoms with Crippen LogP contribution in [0, 0.1) is 0 Å². The molecule has 1 aliphatic rings. The van der Waals surface area contributed by atoms with Crippen molar-refractivity contribution in [2.75, 3.05) is 12.4 Å². The van der Waals surface area contributed by atoms with Gasteiger partial charge in [0.2, 0.25) is 11.8 Å². The number of alkyl halides is 3. The van der Waals surface area contributed by atoms with E-state index in [1.165, 1.54) is 24.1 Å². The van der Waals surface area contributed by atoms with Gasteiger partial charge in [-0.1, -0.05) is 41.6 Å². The molecule has 6 nitrogen and oxygen atoms in total. The molecular formula is C26H21ClF3N3O3S. The maximum Gasteiger partial charge on any atom is 0.416 e. The van der Waals surface area contributed by atoms with Crippen LogP contribution in [0.25, 0.3) is 0 Å². The standard InChI is InChI=1S/C26H21ClF3N3O3S/c1-36-21-11-5-16(6-12-21)15-33-23(34)14-22(24(35)31-19-9-7-18(27)8-10-19)37-25(33)32-20-4-2-3-17(13-20)26(28,29)30/h2-13,22H,14-15H2,1H3,(H,31,35). The molecule has 0 bridgehead atoms. The van der Waals surface area contributed by atoms with Crippen LogP contribution in [-0.4, -0.2) is 34.2 Å². The third kappa shape index (κ3) is 6.84. The second-order valence-corrected chi connectivity index (χ2v) is 9.68. The van der Waals surface area contributed by atoms with Crippen LogP contribution in [0.15, 0.2) is 77.8 Å². The van der Waals surface area contributed by atoms with E-state index in [1.54, 1.807) is 48.5 Å². The number of aliphatic imine (C=N–C) groups is 1. The monoisotopic (exact) mass is 547 g/mol. The fourth-order valence-corrected chi connectivity index (χ4v) is 4.75. The Labute approximate surface area is 220 Å². The number of rotatable bonds is 6. The zero-order valence-corrected chi connectivity index (χ0v) is 21.0. The molecule has 1 N–H and O–H groups in total. The molecule has 2 amide bonds. The van der Waals surface area contributed by atoms with Gasteiger partial charge in [-0.2, -0.15) is 13.2 Å². The molecule has 4 rings (SSSR count). The fourth-order valence-electron chi connectivity index (χ4n) is 3.53. The van der Waals surface area contributed by atoms with E-state index >= 15 is 0 Å². The summed E-state index contributed by atoms with van der Waals surface area (Å²) in [6.45, 7) is 0.124. The number of carbonyl (C=O) groups is 2. The second kappa shape index (κ2) is 11.3. The Bertz CT molecular complexity index is 1320. The Morgan fingerprint density at radius 3 is 2.49 bits per heavy atom. The van der Waals surface area contributed by atoms with E-state index in [0.29, 0.717) is 16.5 Å². The van der Waals surface area contributed by atoms with Crippen molar-refractivity contribution in [3.8, 4) is 5.75 Å². The van der Waals surface area contributed by atoms with Crippen LogP contribution >= 0.6 is 23.4 Å². The number of benzene rings is 3. The summed E-state index contributed by atoms with van der Waals surface area (Å²) in [4.78, 5) is 31.9. The predicted octanol–water partition coefficient (Wildman–Crippen LogP) is 6.53. The molecule has 192 valence electrons. The Kier molecular flexibility index (Phi) is 8.09. The van der Waals surface area contributed by atoms with Gasteiger partial charge in [0.05, 0.1) is 24.9 Å². The molecule has 0 aromatic heterocycles. The number of amides is 2. The topological polar surface area (TPSA) is 71.0 Å². The summed E-state index contributed by atoms with van der Waals surface area (Å²) >= 11 is 6.91. The number of halogens is 4. The molecule has 0 radical (unpaired) electrons. The average molecular weight is 548 g/mol. The van der Waals surface area contributed by atoms with Crippen LogP contribution in [-0.2, 0) is 22.3 Å². The highest BCUT2D eigenvalue weighted by atomic mass is 35.5. The number of nitrogens with one attached hydrogen (secondary N) is 1. The maximum atomic E-state index is 13.2. The lowest BCUT2D eigenvalue weighted by Crippen LogP contribution is -2.44. The number of hydrogen-bond donors (Lipinski definition) is 1. The largest absolute Gasteiger partial charge is 0.497 e. The SMILES string of the molecule is COc1ccc(CN2C(=O)CC(C(=O)Nc3ccc(Cl)cc3)SC2=Nc2cccc(C(F)(F)F)c2)cc1. The minimum Gasteiger partial charge on any atom is -0.497 e. The van der Waals surface area contributed by atoms with Gasteiger partial charge in [-0.05, 0) is 60.2 Å². The highest BCUT2D eigenvalue weighted by molar-refractivity contribution is 8.15. The van der Waals surface area contributed by atoms with Crippen LogP contribution in [0.5, 0.6) is 5.75 Å². The summed E-state index contributed by atoms with van der Waals surface area (Å²) in [5.41, 5.74) is 0.416. The minimum absolute atomic E-state index is 0.0172. The molecule has 0 spiro atoms. The third-order valence-corrected chi connectivity index (χ3v) is 6.88. The van der Waals surface area contributed by atoms with Gasteiger partial charge in [0.1, 0.15) is 11.0 Å². The molecule has 1 fully saturated rings. The van der Waals surface area contributed by atoms with Crippen molar-refractivity contribution in [2.45, 2.75) is 24.4 Å². The molecular weight excluding hydrogens is 527 g/mol. The van der Waals surface area contributed by atoms with Crippen molar-refractivity contribution in [1.29, 1.82) is 0 Å². The van der Waals surface area contributed by atoms with Crippen LogP contribution in [0.2, 0.25) is 5.02 Å². The van der Waals surface area contributed by atoms with E-state index < -0.39 is 22.9 Å². The van der Waals surface area contributed by atoms with Gasteiger partial charge in [0.15, 0.2) is 5.17 Å². The summed E-state index contributed by atoms with van der Waals surface area (Å²) in [6.07, 6.45) is -4.66. The molecule has 1 heterocycles. The van der Waals surface area contributed by atoms with Crippen molar-refractivity contribution in [3.05, 3.63) is 88.9 Å². The van der Waals surface area contributed by atoms with Crippen LogP contribution in [0.3, 0.4) is 0 Å². The first-order valence-corrected chi connectivity index (χ1v) is 12.3. The lowest BCUT2D eigenvalue weighted by molar-refractivity contribution is -0.137. The molecule has 3 aromatic rings. The summed E-state index contributed by atoms with van der Waals surface area (Å²) < 4.78 is 44.9. The number of thioether (sulfide) groups is 1. The van der Waals surface area contributed by atoms with E-state index in [1.807, 2.05) is 0 Å². The molecule has 1 unspecified atom stereocenters. The zero-order valence-electron chi connectivity index (χ0n) is 19.5. The van der Waals surface area contributed by atoms with Crippen LogP contribution < -0.4 is 10.1 Å². The fraction of sp³-hybridized carbons (Fsp3) is 0.192. The Morgan fingerprint density at radius 2 is 1.84 bits per heavy atom. The van der Waals surface area contributed by atoms with Gasteiger partial charge in [0, 0.05) is 17.1 Å². The van der Waals surface area contributed by atoms with Gasteiger partial charge >= 0.3 is 6.18 Å². The summed E-state index contributed by atoms with van der Waals surface area (Å²) in [6, 6.07) is 18.0. The number of nitrogens with zero attached hydrogens (tertiary/aromatic N) is 2. The molecule has 1 saturated heterocycles. The molecule has 1 aliphatic heterocycles. The first-order valence-electron chi connectivity index (χ1n) is 11.0. The number of anilines is 1. The number of amidine groups is 1. The number of ether oxygens (including phenoxy) is 1. The second-order valence-electron chi connectivity index (χ2n) is 8.08. The summed E-state index contributed by atoms with van der Waals surface area (Å²) in [7, 11) is 1.54. The van der Waals surface area contributed by atoms with E-state index in [2.05, 4.69) is 10.3 Å². The normalized spacial score (nSPS) is 17.1. The number of methoxy groups -OCH3 is 1. The first kappa shape index (κ1) is 26.6. The number of carbonyl (C=O) groups excluding carboxylic acids is 2. The molecule has 0 aliphatic carbocycles. The van der Waals surface area contributed by atoms with Crippen molar-refractivity contribution < 1.29 is 27.5 Å². The average Bonchev–Trinajstić information content (AvgIpc) is 2.87. The highest BCUT2D eigenvalue weighted by Gasteiger charge is 2.36. The predicted molar refractivity (Wildman–Crippen MR) is 138 cm³/mol. The van der Waals surface area contributed by atoms with E-state index in [-0.39, 0.29) is 29.7 Å². The smallest absolute Gasteiger partial charge is 0.416 e. The van der Waals surface area contributed by atoms with E-state index in [9.17, 15) is 22.8 Å². The minimum atomic E-state index is -4.55. The van der Waals surface area contributed by atoms with Crippen LogP contribution in [0.1, 0.15) is 17.5 Å². The van der Waals surface area contributed by atoms with Gasteiger partial charge < -0.3 is 10.1 Å². The van der Waals surface area contributed by atoms with Gasteiger partial charge in [-0.25, -0.2) is 4.99 Å². The van der Waals surface area contributed by atoms with E-state index in [0.717, 1.165) is 29.5 Å². The quantitative estimate of drug-likeness (QED) is 0.381. The van der Waals surface area contributed by atoms with E-state index in [4.69, 9.17) is 16.3 Å². The van der Waals surface area contributed by atoms with Crippen LogP contribution in [0.4, 0.5) is 24.5 Å². The van der Waals surface area contributed by atoms with Crippen molar-refractivity contribution >= 4 is 51.7 Å². The van der Waals surface area contributed by atoms with Gasteiger partial charge in [-0.15, -0.1) is 0 Å². The summed E-state index contributed by atoms with van der Waals surface area (Å²) in [5.74, 6) is -0.169. The molecule has 1 atom stereocenters. The molecule has 37 heavy (non-hydrogen) atoms. The lowest BCUT2D eigenvalue weighted by atomic mass is 10.2. The molecule has 3 aromatic carbocycles. The van der Waals surface area contributed by atoms with Crippen molar-refractivity contribution in [3.63, 3.8) is 0 Å². The summed E-state index contributed by atoms with van der Waals surface area (Å²) in [5, 5.41) is 2.54. The van der Waals surface area contributed by atoms with Crippen molar-refractivity contribution in [1.82, 2.24) is 4.90 Å². The molecule has 11 heteroatoms. The van der Waals surface area contributed by atoms with Crippen molar-refractivity contribution in [2.24, 2.45) is 4.99 Å². The van der Waals surface area contributed by atoms with Gasteiger partial charge in [0.25, 0.3) is 0 Å². The third-order valence-electron chi connectivity index (χ3n) is 5.44. The number of hydrogen-bond acceptors (Lipinski definition) is 5.